The standard InChI is InChI=1S/C38H32NP/c1-30-18-17-29-36(37(31-19-7-2-8-20-31)32-21-9-3-10-22-32)38(30)39-40(33-23-11-4-12-24-33,34-25-13-5-14-26-34)35-27-15-6-16-28-35/h2-29,37H,1H3. The van der Waals surface area contributed by atoms with E-state index in [1.807, 2.05) is 0 Å². The molecular formula is C38H32NP. The average molecular weight is 534 g/mol. The van der Waals surface area contributed by atoms with Crippen LogP contribution in [0.1, 0.15) is 28.2 Å². The van der Waals surface area contributed by atoms with E-state index >= 15 is 0 Å². The smallest absolute Gasteiger partial charge is 0.0696 e. The zero-order valence-corrected chi connectivity index (χ0v) is 23.5. The molecule has 0 aliphatic rings. The van der Waals surface area contributed by atoms with Crippen LogP contribution in [0.4, 0.5) is 5.69 Å². The lowest BCUT2D eigenvalue weighted by Crippen LogP contribution is -2.25. The van der Waals surface area contributed by atoms with Crippen molar-refractivity contribution in [2.45, 2.75) is 12.8 Å². The van der Waals surface area contributed by atoms with E-state index in [4.69, 9.17) is 4.74 Å². The van der Waals surface area contributed by atoms with Crippen LogP contribution in [0.25, 0.3) is 0 Å². The minimum absolute atomic E-state index is 0.0604. The Morgan fingerprint density at radius 2 is 0.800 bits per heavy atom. The number of hydrogen-bond acceptors (Lipinski definition) is 1. The van der Waals surface area contributed by atoms with E-state index in [-0.39, 0.29) is 5.92 Å². The Kier molecular flexibility index (Phi) is 7.58. The molecule has 0 amide bonds. The van der Waals surface area contributed by atoms with Gasteiger partial charge in [0.05, 0.1) is 12.7 Å². The van der Waals surface area contributed by atoms with E-state index in [1.54, 1.807) is 0 Å². The molecule has 6 rings (SSSR count). The molecule has 0 N–H and O–H groups in total. The molecule has 1 nitrogen and oxygen atoms in total. The molecule has 0 saturated carbocycles. The van der Waals surface area contributed by atoms with Gasteiger partial charge in [-0.15, -0.1) is 0 Å². The van der Waals surface area contributed by atoms with Crippen LogP contribution in [-0.2, 0) is 0 Å². The van der Waals surface area contributed by atoms with Gasteiger partial charge in [0.1, 0.15) is 0 Å². The predicted octanol–water partition coefficient (Wildman–Crippen LogP) is 8.98. The van der Waals surface area contributed by atoms with Crippen molar-refractivity contribution in [1.82, 2.24) is 0 Å². The lowest BCUT2D eigenvalue weighted by Gasteiger charge is -2.29. The fourth-order valence-corrected chi connectivity index (χ4v) is 9.22. The van der Waals surface area contributed by atoms with Gasteiger partial charge in [-0.1, -0.05) is 170 Å². The third-order valence-electron chi connectivity index (χ3n) is 7.49. The molecule has 194 valence electrons. The van der Waals surface area contributed by atoms with Gasteiger partial charge in [0.25, 0.3) is 0 Å². The summed E-state index contributed by atoms with van der Waals surface area (Å²) < 4.78 is 5.98. The fraction of sp³-hybridized carbons (Fsp3) is 0.0526. The first-order valence-corrected chi connectivity index (χ1v) is 15.5. The molecule has 0 spiro atoms. The normalized spacial score (nSPS) is 11.3. The molecule has 0 aliphatic heterocycles. The van der Waals surface area contributed by atoms with Gasteiger partial charge in [0, 0.05) is 21.8 Å². The molecular weight excluding hydrogens is 501 g/mol. The molecule has 6 aromatic carbocycles. The fourth-order valence-electron chi connectivity index (χ4n) is 5.60. The van der Waals surface area contributed by atoms with Crippen LogP contribution in [0.15, 0.2) is 175 Å². The van der Waals surface area contributed by atoms with Crippen molar-refractivity contribution in [3.05, 3.63) is 192 Å². The van der Waals surface area contributed by atoms with Gasteiger partial charge in [-0.25, -0.2) is 0 Å². The third-order valence-corrected chi connectivity index (χ3v) is 11.1. The van der Waals surface area contributed by atoms with Crippen LogP contribution in [0, 0.1) is 6.92 Å². The van der Waals surface area contributed by atoms with Crippen LogP contribution in [0.3, 0.4) is 0 Å². The quantitative estimate of drug-likeness (QED) is 0.143. The van der Waals surface area contributed by atoms with Gasteiger partial charge < -0.3 is 0 Å². The lowest BCUT2D eigenvalue weighted by atomic mass is 9.83. The Bertz CT molecular complexity index is 1590. The van der Waals surface area contributed by atoms with Gasteiger partial charge in [-0.2, -0.15) is 0 Å². The minimum atomic E-state index is -2.43. The molecule has 2 heteroatoms. The zero-order valence-electron chi connectivity index (χ0n) is 22.6. The Morgan fingerprint density at radius 1 is 0.425 bits per heavy atom. The maximum atomic E-state index is 5.98. The van der Waals surface area contributed by atoms with Gasteiger partial charge in [-0.3, -0.25) is 4.74 Å². The SMILES string of the molecule is Cc1cccc(C(c2ccccc2)c2ccccc2)c1N=P(c1ccccc1)(c1ccccc1)c1ccccc1. The van der Waals surface area contributed by atoms with Gasteiger partial charge >= 0.3 is 0 Å². The molecule has 0 fully saturated rings. The monoisotopic (exact) mass is 533 g/mol. The van der Waals surface area contributed by atoms with Crippen LogP contribution in [-0.4, -0.2) is 0 Å². The van der Waals surface area contributed by atoms with Crippen molar-refractivity contribution in [3.8, 4) is 0 Å². The van der Waals surface area contributed by atoms with Crippen molar-refractivity contribution in [2.24, 2.45) is 4.74 Å². The summed E-state index contributed by atoms with van der Waals surface area (Å²) in [5, 5.41) is 3.74. The number of rotatable bonds is 7. The Morgan fingerprint density at radius 3 is 1.20 bits per heavy atom. The topological polar surface area (TPSA) is 12.4 Å². The molecule has 0 heterocycles. The van der Waals surface area contributed by atoms with E-state index < -0.39 is 7.05 Å². The molecule has 0 unspecified atom stereocenters. The van der Waals surface area contributed by atoms with Gasteiger partial charge in [0.2, 0.25) is 0 Å². The Hall–Kier alpha value is -4.45. The molecule has 6 aromatic rings. The van der Waals surface area contributed by atoms with Crippen LogP contribution in [0.2, 0.25) is 0 Å². The molecule has 40 heavy (non-hydrogen) atoms. The first kappa shape index (κ1) is 25.8. The predicted molar refractivity (Wildman–Crippen MR) is 172 cm³/mol. The summed E-state index contributed by atoms with van der Waals surface area (Å²) in [7, 11) is -2.43. The van der Waals surface area contributed by atoms with Crippen molar-refractivity contribution < 1.29 is 0 Å². The van der Waals surface area contributed by atoms with Crippen LogP contribution >= 0.6 is 7.05 Å². The molecule has 0 aromatic heterocycles. The van der Waals surface area contributed by atoms with Crippen LogP contribution < -0.4 is 15.9 Å². The second-order valence-corrected chi connectivity index (χ2v) is 13.0. The first-order chi connectivity index (χ1) is 19.8. The molecule has 0 aliphatic carbocycles. The molecule has 0 bridgehead atoms. The largest absolute Gasteiger partial charge is 0.253 e. The van der Waals surface area contributed by atoms with E-state index in [9.17, 15) is 0 Å². The van der Waals surface area contributed by atoms with Crippen molar-refractivity contribution in [2.75, 3.05) is 0 Å². The highest BCUT2D eigenvalue weighted by Gasteiger charge is 2.29. The van der Waals surface area contributed by atoms with E-state index in [0.717, 1.165) is 5.69 Å². The second-order valence-electron chi connectivity index (χ2n) is 10.0. The van der Waals surface area contributed by atoms with Gasteiger partial charge in [-0.05, 0) is 29.2 Å². The molecule has 0 radical (unpaired) electrons. The summed E-state index contributed by atoms with van der Waals surface area (Å²) in [5.41, 5.74) is 6.01. The van der Waals surface area contributed by atoms with Crippen LogP contribution in [0.5, 0.6) is 0 Å². The highest BCUT2D eigenvalue weighted by atomic mass is 31.2. The molecule has 0 saturated heterocycles. The summed E-state index contributed by atoms with van der Waals surface area (Å²) in [6.07, 6.45) is 0. The second kappa shape index (κ2) is 11.7. The summed E-state index contributed by atoms with van der Waals surface area (Å²) >= 11 is 0. The van der Waals surface area contributed by atoms with Crippen molar-refractivity contribution in [3.63, 3.8) is 0 Å². The Balaban J connectivity index is 1.73. The van der Waals surface area contributed by atoms with Crippen molar-refractivity contribution in [1.29, 1.82) is 0 Å². The number of nitrogens with zero attached hydrogens (tertiary/aromatic N) is 1. The van der Waals surface area contributed by atoms with Crippen molar-refractivity contribution >= 4 is 28.7 Å². The minimum Gasteiger partial charge on any atom is -0.253 e. The lowest BCUT2D eigenvalue weighted by molar-refractivity contribution is 0.974. The highest BCUT2D eigenvalue weighted by Crippen LogP contribution is 2.52. The molecule has 0 atom stereocenters. The maximum absolute atomic E-state index is 5.98. The summed E-state index contributed by atoms with van der Waals surface area (Å²) in [6.45, 7) is 2.20. The summed E-state index contributed by atoms with van der Waals surface area (Å²) in [6, 6.07) is 60.9. The first-order valence-electron chi connectivity index (χ1n) is 13.8. The summed E-state index contributed by atoms with van der Waals surface area (Å²) in [4.78, 5) is 0. The van der Waals surface area contributed by atoms with Gasteiger partial charge in [0.15, 0.2) is 0 Å². The van der Waals surface area contributed by atoms with E-state index in [2.05, 4.69) is 177 Å². The summed E-state index contributed by atoms with van der Waals surface area (Å²) in [5.74, 6) is 0.0604. The zero-order chi connectivity index (χ0) is 27.2. The number of hydrogen-bond donors (Lipinski definition) is 0. The maximum Gasteiger partial charge on any atom is 0.0696 e. The number of benzene rings is 6. The highest BCUT2D eigenvalue weighted by molar-refractivity contribution is 7.87. The third kappa shape index (κ3) is 4.97. The van der Waals surface area contributed by atoms with E-state index in [1.165, 1.54) is 38.2 Å². The average Bonchev–Trinajstić information content (AvgIpc) is 3.03. The Labute approximate surface area is 237 Å². The number of aryl methyl sites for hydroxylation is 1. The van der Waals surface area contributed by atoms with E-state index in [0.29, 0.717) is 0 Å².